The molecule has 2 aromatic rings. The molecule has 33 heavy (non-hydrogen) atoms. The Kier molecular flexibility index (Phi) is 8.50. The summed E-state index contributed by atoms with van der Waals surface area (Å²) in [6.07, 6.45) is -0.705. The molecule has 0 spiro atoms. The van der Waals surface area contributed by atoms with Crippen LogP contribution in [0, 0.1) is 20.8 Å². The van der Waals surface area contributed by atoms with Crippen molar-refractivity contribution in [2.24, 2.45) is 0 Å². The monoisotopic (exact) mass is 473 g/mol. The van der Waals surface area contributed by atoms with Crippen molar-refractivity contribution in [3.63, 3.8) is 0 Å². The van der Waals surface area contributed by atoms with E-state index in [1.807, 2.05) is 45.0 Å². The fraction of sp³-hybridized carbons (Fsp3) is 0.400. The number of hydrogen-bond acceptors (Lipinski definition) is 4. The van der Waals surface area contributed by atoms with Gasteiger partial charge >= 0.3 is 6.09 Å². The summed E-state index contributed by atoms with van der Waals surface area (Å²) < 4.78 is 5.19. The topological polar surface area (TPSA) is 87.7 Å². The predicted octanol–water partition coefficient (Wildman–Crippen LogP) is 4.93. The molecule has 0 bridgehead atoms. The summed E-state index contributed by atoms with van der Waals surface area (Å²) >= 11 is 6.30. The molecule has 0 heterocycles. The van der Waals surface area contributed by atoms with Crippen LogP contribution in [0.5, 0.6) is 0 Å². The molecule has 2 aromatic carbocycles. The van der Waals surface area contributed by atoms with Gasteiger partial charge in [-0.25, -0.2) is 4.79 Å². The number of hydrogen-bond donors (Lipinski definition) is 2. The van der Waals surface area contributed by atoms with Gasteiger partial charge in [-0.2, -0.15) is 0 Å². The van der Waals surface area contributed by atoms with Gasteiger partial charge in [-0.3, -0.25) is 9.59 Å². The molecule has 0 aliphatic carbocycles. The maximum absolute atomic E-state index is 13.5. The van der Waals surface area contributed by atoms with Gasteiger partial charge in [-0.15, -0.1) is 0 Å². The molecule has 0 aromatic heterocycles. The highest BCUT2D eigenvalue weighted by Gasteiger charge is 2.31. The lowest BCUT2D eigenvalue weighted by Crippen LogP contribution is -2.44. The van der Waals surface area contributed by atoms with E-state index in [9.17, 15) is 14.4 Å². The molecule has 1 unspecified atom stereocenters. The van der Waals surface area contributed by atoms with Crippen LogP contribution in [0.4, 0.5) is 10.5 Å². The Labute approximate surface area is 200 Å². The number of carbonyl (C=O) groups excluding carboxylic acids is 3. The van der Waals surface area contributed by atoms with E-state index in [0.717, 1.165) is 16.7 Å². The zero-order valence-electron chi connectivity index (χ0n) is 20.2. The summed E-state index contributed by atoms with van der Waals surface area (Å²) in [6.45, 7) is 10.5. The summed E-state index contributed by atoms with van der Waals surface area (Å²) in [5.74, 6) is -0.856. The molecular weight excluding hydrogens is 442 g/mol. The van der Waals surface area contributed by atoms with E-state index in [2.05, 4.69) is 10.6 Å². The second-order valence-electron chi connectivity index (χ2n) is 9.04. The van der Waals surface area contributed by atoms with E-state index >= 15 is 0 Å². The summed E-state index contributed by atoms with van der Waals surface area (Å²) in [7, 11) is 1.53. The molecule has 1 atom stereocenters. The van der Waals surface area contributed by atoms with E-state index in [0.29, 0.717) is 16.3 Å². The first-order valence-corrected chi connectivity index (χ1v) is 11.0. The normalized spacial score (nSPS) is 12.0. The zero-order valence-corrected chi connectivity index (χ0v) is 21.0. The third-order valence-corrected chi connectivity index (χ3v) is 5.33. The summed E-state index contributed by atoms with van der Waals surface area (Å²) in [5, 5.41) is 5.74. The third-order valence-electron chi connectivity index (χ3n) is 5.01. The number of carbonyl (C=O) groups is 3. The highest BCUT2D eigenvalue weighted by molar-refractivity contribution is 6.34. The van der Waals surface area contributed by atoms with Crippen molar-refractivity contribution in [3.8, 4) is 0 Å². The largest absolute Gasteiger partial charge is 0.444 e. The number of rotatable bonds is 6. The number of halogens is 1. The molecule has 178 valence electrons. The number of benzene rings is 2. The van der Waals surface area contributed by atoms with Crippen LogP contribution in [0.1, 0.15) is 49.1 Å². The molecule has 8 heteroatoms. The number of anilines is 1. The number of ether oxygens (including phenoxy) is 1. The molecule has 2 rings (SSSR count). The van der Waals surface area contributed by atoms with Crippen molar-refractivity contribution < 1.29 is 19.1 Å². The molecule has 2 N–H and O–H groups in total. The molecular formula is C25H32ClN3O4. The van der Waals surface area contributed by atoms with Crippen molar-refractivity contribution in [1.82, 2.24) is 10.2 Å². The fourth-order valence-corrected chi connectivity index (χ4v) is 3.56. The molecule has 0 saturated heterocycles. The van der Waals surface area contributed by atoms with Gasteiger partial charge in [0.2, 0.25) is 5.91 Å². The predicted molar refractivity (Wildman–Crippen MR) is 130 cm³/mol. The second-order valence-corrected chi connectivity index (χ2v) is 9.45. The van der Waals surface area contributed by atoms with Crippen LogP contribution in [-0.4, -0.2) is 42.0 Å². The van der Waals surface area contributed by atoms with E-state index in [1.54, 1.807) is 32.9 Å². The van der Waals surface area contributed by atoms with Gasteiger partial charge < -0.3 is 20.3 Å². The van der Waals surface area contributed by atoms with Gasteiger partial charge in [0.05, 0.1) is 10.7 Å². The van der Waals surface area contributed by atoms with E-state index in [4.69, 9.17) is 16.3 Å². The summed E-state index contributed by atoms with van der Waals surface area (Å²) in [5.41, 5.74) is 3.10. The van der Waals surface area contributed by atoms with Crippen LogP contribution in [0.25, 0.3) is 0 Å². The number of nitrogens with one attached hydrogen (secondary N) is 2. The summed E-state index contributed by atoms with van der Waals surface area (Å²) in [4.78, 5) is 39.7. The Morgan fingerprint density at radius 1 is 1.06 bits per heavy atom. The average molecular weight is 474 g/mol. The van der Waals surface area contributed by atoms with E-state index < -0.39 is 29.6 Å². The van der Waals surface area contributed by atoms with Crippen LogP contribution in [0.3, 0.4) is 0 Å². The van der Waals surface area contributed by atoms with Crippen molar-refractivity contribution in [3.05, 3.63) is 63.7 Å². The van der Waals surface area contributed by atoms with Crippen LogP contribution < -0.4 is 10.6 Å². The Morgan fingerprint density at radius 3 is 2.33 bits per heavy atom. The number of aryl methyl sites for hydroxylation is 3. The first-order chi connectivity index (χ1) is 15.3. The molecule has 0 saturated carbocycles. The second kappa shape index (κ2) is 10.7. The number of alkyl carbamates (subject to hydrolysis) is 1. The minimum Gasteiger partial charge on any atom is -0.444 e. The molecule has 3 amide bonds. The van der Waals surface area contributed by atoms with Gasteiger partial charge in [0.25, 0.3) is 5.91 Å². The summed E-state index contributed by atoms with van der Waals surface area (Å²) in [6, 6.07) is 10.1. The molecule has 7 nitrogen and oxygen atoms in total. The Bertz CT molecular complexity index is 1030. The highest BCUT2D eigenvalue weighted by Crippen LogP contribution is 2.30. The number of nitrogens with zero attached hydrogens (tertiary/aromatic N) is 1. The Hall–Kier alpha value is -3.06. The standard InChI is InChI=1S/C25H32ClN3O4/c1-15-11-12-16(2)18(13-15)22(23(31)28-21-17(3)9-8-10-19(21)26)29(7)20(30)14-27-24(32)33-25(4,5)6/h8-13,22H,14H2,1-7H3,(H,27,32)(H,28,31). The van der Waals surface area contributed by atoms with Crippen LogP contribution in [0.15, 0.2) is 36.4 Å². The van der Waals surface area contributed by atoms with Crippen molar-refractivity contribution in [2.75, 3.05) is 18.9 Å². The van der Waals surface area contributed by atoms with Crippen LogP contribution in [0.2, 0.25) is 5.02 Å². The maximum Gasteiger partial charge on any atom is 0.408 e. The highest BCUT2D eigenvalue weighted by atomic mass is 35.5. The first-order valence-electron chi connectivity index (χ1n) is 10.7. The lowest BCUT2D eigenvalue weighted by Gasteiger charge is -2.30. The van der Waals surface area contributed by atoms with Crippen LogP contribution >= 0.6 is 11.6 Å². The molecule has 0 radical (unpaired) electrons. The van der Waals surface area contributed by atoms with Gasteiger partial charge in [0.1, 0.15) is 18.2 Å². The molecule has 0 fully saturated rings. The fourth-order valence-electron chi connectivity index (χ4n) is 3.29. The van der Waals surface area contributed by atoms with Gasteiger partial charge in [-0.1, -0.05) is 47.5 Å². The van der Waals surface area contributed by atoms with Crippen molar-refractivity contribution in [2.45, 2.75) is 53.2 Å². The quantitative estimate of drug-likeness (QED) is 0.622. The zero-order chi connectivity index (χ0) is 24.9. The molecule has 0 aliphatic rings. The Balaban J connectivity index is 2.32. The van der Waals surface area contributed by atoms with Crippen LogP contribution in [-0.2, 0) is 14.3 Å². The Morgan fingerprint density at radius 2 is 1.73 bits per heavy atom. The third kappa shape index (κ3) is 7.22. The van der Waals surface area contributed by atoms with E-state index in [1.165, 1.54) is 11.9 Å². The molecule has 0 aliphatic heterocycles. The minimum atomic E-state index is -0.937. The SMILES string of the molecule is Cc1ccc(C)c(C(C(=O)Nc2c(C)cccc2Cl)N(C)C(=O)CNC(=O)OC(C)(C)C)c1. The van der Waals surface area contributed by atoms with E-state index in [-0.39, 0.29) is 6.54 Å². The van der Waals surface area contributed by atoms with Gasteiger partial charge in [0.15, 0.2) is 0 Å². The number of likely N-dealkylation sites (N-methyl/N-ethyl adjacent to an activating group) is 1. The van der Waals surface area contributed by atoms with Crippen molar-refractivity contribution >= 4 is 35.2 Å². The minimum absolute atomic E-state index is 0.314. The van der Waals surface area contributed by atoms with Gasteiger partial charge in [0, 0.05) is 7.05 Å². The lowest BCUT2D eigenvalue weighted by molar-refractivity contribution is -0.136. The smallest absolute Gasteiger partial charge is 0.408 e. The lowest BCUT2D eigenvalue weighted by atomic mass is 9.97. The number of para-hydroxylation sites is 1. The van der Waals surface area contributed by atoms with Gasteiger partial charge in [-0.05, 0) is 64.3 Å². The first kappa shape index (κ1) is 26.2. The number of amides is 3. The maximum atomic E-state index is 13.5. The van der Waals surface area contributed by atoms with Crippen molar-refractivity contribution in [1.29, 1.82) is 0 Å². The average Bonchev–Trinajstić information content (AvgIpc) is 2.70.